The van der Waals surface area contributed by atoms with Crippen molar-refractivity contribution in [2.75, 3.05) is 39.4 Å². The summed E-state index contributed by atoms with van der Waals surface area (Å²) < 4.78 is 5.25. The number of hydrogen-bond donors (Lipinski definition) is 1. The lowest BCUT2D eigenvalue weighted by molar-refractivity contribution is -0.134. The summed E-state index contributed by atoms with van der Waals surface area (Å²) in [5.41, 5.74) is 0. The summed E-state index contributed by atoms with van der Waals surface area (Å²) in [6.45, 7) is 6.70. The molecule has 0 bridgehead atoms. The average molecular weight is 254 g/mol. The molecule has 18 heavy (non-hydrogen) atoms. The number of hydrogen-bond acceptors (Lipinski definition) is 3. The van der Waals surface area contributed by atoms with E-state index in [4.69, 9.17) is 4.74 Å². The fourth-order valence-corrected chi connectivity index (χ4v) is 3.05. The van der Waals surface area contributed by atoms with Crippen molar-refractivity contribution in [1.82, 2.24) is 10.2 Å². The topological polar surface area (TPSA) is 41.6 Å². The minimum absolute atomic E-state index is 0.224. The molecule has 2 aliphatic rings. The highest BCUT2D eigenvalue weighted by molar-refractivity contribution is 5.78. The van der Waals surface area contributed by atoms with Gasteiger partial charge in [-0.15, -0.1) is 0 Å². The minimum Gasteiger partial charge on any atom is -0.378 e. The molecular weight excluding hydrogens is 228 g/mol. The summed E-state index contributed by atoms with van der Waals surface area (Å²) >= 11 is 0. The van der Waals surface area contributed by atoms with Gasteiger partial charge in [0.1, 0.15) is 0 Å². The van der Waals surface area contributed by atoms with Crippen molar-refractivity contribution < 1.29 is 9.53 Å². The van der Waals surface area contributed by atoms with Crippen molar-refractivity contribution in [2.24, 2.45) is 11.8 Å². The van der Waals surface area contributed by atoms with Crippen molar-refractivity contribution in [3.63, 3.8) is 0 Å². The van der Waals surface area contributed by atoms with Crippen LogP contribution in [0.25, 0.3) is 0 Å². The van der Waals surface area contributed by atoms with Gasteiger partial charge in [0.15, 0.2) is 0 Å². The number of amides is 1. The molecule has 2 fully saturated rings. The van der Waals surface area contributed by atoms with Gasteiger partial charge >= 0.3 is 0 Å². The maximum atomic E-state index is 11.9. The van der Waals surface area contributed by atoms with Crippen molar-refractivity contribution in [3.05, 3.63) is 0 Å². The average Bonchev–Trinajstić information content (AvgIpc) is 2.40. The van der Waals surface area contributed by atoms with Crippen LogP contribution >= 0.6 is 0 Å². The van der Waals surface area contributed by atoms with E-state index in [2.05, 4.69) is 12.2 Å². The van der Waals surface area contributed by atoms with Gasteiger partial charge in [0, 0.05) is 13.1 Å². The van der Waals surface area contributed by atoms with Gasteiger partial charge in [0.05, 0.1) is 19.8 Å². The lowest BCUT2D eigenvalue weighted by atomic mass is 9.82. The second-order valence-electron chi connectivity index (χ2n) is 5.76. The van der Waals surface area contributed by atoms with E-state index in [0.717, 1.165) is 31.5 Å². The first-order valence-corrected chi connectivity index (χ1v) is 7.32. The van der Waals surface area contributed by atoms with Crippen LogP contribution in [0.1, 0.15) is 32.6 Å². The van der Waals surface area contributed by atoms with Crippen LogP contribution in [-0.4, -0.2) is 50.2 Å². The maximum absolute atomic E-state index is 11.9. The zero-order valence-corrected chi connectivity index (χ0v) is 11.5. The highest BCUT2D eigenvalue weighted by Gasteiger charge is 2.20. The van der Waals surface area contributed by atoms with E-state index in [1.807, 2.05) is 4.90 Å². The van der Waals surface area contributed by atoms with E-state index in [1.165, 1.54) is 25.7 Å². The standard InChI is InChI=1S/C14H26N2O2/c1-12-3-2-4-13(9-12)10-15-11-14(17)16-5-7-18-8-6-16/h12-13,15H,2-11H2,1H3. The Balaban J connectivity index is 1.60. The third kappa shape index (κ3) is 4.25. The second kappa shape index (κ2) is 7.10. The molecule has 0 aromatic carbocycles. The Bertz CT molecular complexity index is 265. The monoisotopic (exact) mass is 254 g/mol. The third-order valence-electron chi connectivity index (χ3n) is 4.12. The summed E-state index contributed by atoms with van der Waals surface area (Å²) in [6.07, 6.45) is 5.37. The van der Waals surface area contributed by atoms with Crippen LogP contribution in [0, 0.1) is 11.8 Å². The van der Waals surface area contributed by atoms with Crippen molar-refractivity contribution in [3.8, 4) is 0 Å². The molecule has 2 unspecified atom stereocenters. The summed E-state index contributed by atoms with van der Waals surface area (Å²) in [4.78, 5) is 13.8. The number of nitrogens with one attached hydrogen (secondary N) is 1. The number of ether oxygens (including phenoxy) is 1. The van der Waals surface area contributed by atoms with Crippen LogP contribution in [0.3, 0.4) is 0 Å². The fraction of sp³-hybridized carbons (Fsp3) is 0.929. The molecule has 0 aromatic heterocycles. The Morgan fingerprint density at radius 3 is 2.83 bits per heavy atom. The molecule has 104 valence electrons. The van der Waals surface area contributed by atoms with E-state index >= 15 is 0 Å². The fourth-order valence-electron chi connectivity index (χ4n) is 3.05. The highest BCUT2D eigenvalue weighted by Crippen LogP contribution is 2.27. The smallest absolute Gasteiger partial charge is 0.236 e. The molecule has 0 spiro atoms. The Kier molecular flexibility index (Phi) is 5.45. The number of nitrogens with zero attached hydrogens (tertiary/aromatic N) is 1. The Morgan fingerprint density at radius 1 is 1.33 bits per heavy atom. The van der Waals surface area contributed by atoms with Gasteiger partial charge < -0.3 is 15.0 Å². The SMILES string of the molecule is CC1CCCC(CNCC(=O)N2CCOCC2)C1. The number of morpholine rings is 1. The molecule has 1 amide bonds. The first kappa shape index (κ1) is 13.8. The van der Waals surface area contributed by atoms with Gasteiger partial charge in [-0.1, -0.05) is 19.8 Å². The summed E-state index contributed by atoms with van der Waals surface area (Å²) in [5, 5.41) is 3.34. The Morgan fingerprint density at radius 2 is 2.11 bits per heavy atom. The maximum Gasteiger partial charge on any atom is 0.236 e. The van der Waals surface area contributed by atoms with Crippen molar-refractivity contribution >= 4 is 5.91 Å². The van der Waals surface area contributed by atoms with Gasteiger partial charge in [-0.25, -0.2) is 0 Å². The molecule has 4 heteroatoms. The highest BCUT2D eigenvalue weighted by atomic mass is 16.5. The molecule has 0 aromatic rings. The molecular formula is C14H26N2O2. The zero-order chi connectivity index (χ0) is 12.8. The van der Waals surface area contributed by atoms with Crippen LogP contribution in [0.15, 0.2) is 0 Å². The molecule has 1 aliphatic carbocycles. The van der Waals surface area contributed by atoms with Crippen LogP contribution in [0.5, 0.6) is 0 Å². The van der Waals surface area contributed by atoms with Gasteiger partial charge in [0.25, 0.3) is 0 Å². The molecule has 0 radical (unpaired) electrons. The molecule has 2 atom stereocenters. The number of carbonyl (C=O) groups excluding carboxylic acids is 1. The molecule has 4 nitrogen and oxygen atoms in total. The number of carbonyl (C=O) groups is 1. The summed E-state index contributed by atoms with van der Waals surface area (Å²) in [6, 6.07) is 0. The predicted molar refractivity (Wildman–Crippen MR) is 71.4 cm³/mol. The van der Waals surface area contributed by atoms with Gasteiger partial charge in [0.2, 0.25) is 5.91 Å². The lowest BCUT2D eigenvalue weighted by Gasteiger charge is -2.29. The molecule has 1 heterocycles. The van der Waals surface area contributed by atoms with Crippen molar-refractivity contribution in [2.45, 2.75) is 32.6 Å². The molecule has 1 N–H and O–H groups in total. The Labute approximate surface area is 110 Å². The van der Waals surface area contributed by atoms with Crippen molar-refractivity contribution in [1.29, 1.82) is 0 Å². The number of rotatable bonds is 4. The van der Waals surface area contributed by atoms with Gasteiger partial charge in [-0.05, 0) is 31.2 Å². The van der Waals surface area contributed by atoms with Crippen LogP contribution in [-0.2, 0) is 9.53 Å². The first-order valence-electron chi connectivity index (χ1n) is 7.32. The Hall–Kier alpha value is -0.610. The van der Waals surface area contributed by atoms with Crippen LogP contribution < -0.4 is 5.32 Å². The van der Waals surface area contributed by atoms with Gasteiger partial charge in [-0.2, -0.15) is 0 Å². The lowest BCUT2D eigenvalue weighted by Crippen LogP contribution is -2.45. The largest absolute Gasteiger partial charge is 0.378 e. The van der Waals surface area contributed by atoms with Crippen LogP contribution in [0.4, 0.5) is 0 Å². The zero-order valence-electron chi connectivity index (χ0n) is 11.5. The quantitative estimate of drug-likeness (QED) is 0.821. The van der Waals surface area contributed by atoms with E-state index in [1.54, 1.807) is 0 Å². The second-order valence-corrected chi connectivity index (χ2v) is 5.76. The van der Waals surface area contributed by atoms with E-state index in [9.17, 15) is 4.79 Å². The predicted octanol–water partition coefficient (Wildman–Crippen LogP) is 1.26. The van der Waals surface area contributed by atoms with Gasteiger partial charge in [-0.3, -0.25) is 4.79 Å². The van der Waals surface area contributed by atoms with E-state index in [-0.39, 0.29) is 5.91 Å². The molecule has 2 rings (SSSR count). The summed E-state index contributed by atoms with van der Waals surface area (Å²) in [7, 11) is 0. The first-order chi connectivity index (χ1) is 8.75. The molecule has 1 saturated heterocycles. The van der Waals surface area contributed by atoms with Crippen LogP contribution in [0.2, 0.25) is 0 Å². The summed E-state index contributed by atoms with van der Waals surface area (Å²) in [5.74, 6) is 1.86. The third-order valence-corrected chi connectivity index (χ3v) is 4.12. The molecule has 1 saturated carbocycles. The van der Waals surface area contributed by atoms with E-state index < -0.39 is 0 Å². The molecule has 1 aliphatic heterocycles. The normalized spacial score (nSPS) is 29.3. The minimum atomic E-state index is 0.224. The van der Waals surface area contributed by atoms with E-state index in [0.29, 0.717) is 19.8 Å².